The van der Waals surface area contributed by atoms with E-state index in [0.29, 0.717) is 36.0 Å². The normalized spacial score (nSPS) is 10.3. The Hall–Kier alpha value is -2.73. The van der Waals surface area contributed by atoms with Crippen LogP contribution in [0.1, 0.15) is 22.3 Å². The lowest BCUT2D eigenvalue weighted by atomic mass is 10.1. The van der Waals surface area contributed by atoms with Crippen LogP contribution in [-0.2, 0) is 6.54 Å². The predicted octanol–water partition coefficient (Wildman–Crippen LogP) is 2.96. The molecule has 0 saturated heterocycles. The average molecular weight is 345 g/mol. The third-order valence-electron chi connectivity index (χ3n) is 3.59. The van der Waals surface area contributed by atoms with Crippen molar-refractivity contribution < 1.29 is 24.1 Å². The Morgan fingerprint density at radius 2 is 1.72 bits per heavy atom. The Kier molecular flexibility index (Phi) is 7.10. The van der Waals surface area contributed by atoms with Crippen LogP contribution in [-0.4, -0.2) is 38.4 Å². The van der Waals surface area contributed by atoms with E-state index in [0.717, 1.165) is 18.5 Å². The molecule has 25 heavy (non-hydrogen) atoms. The first-order valence-corrected chi connectivity index (χ1v) is 8.01. The molecule has 0 amide bonds. The van der Waals surface area contributed by atoms with Crippen molar-refractivity contribution in [2.24, 2.45) is 0 Å². The molecule has 0 radical (unpaired) electrons. The molecule has 0 spiro atoms. The standard InChI is InChI=1S/C19H23NO5/c1-23-16-10-17(24-2)12-18(11-16)25-8-4-7-20-13-14-5-3-6-15(9-14)19(21)22/h3,5-6,9-12,20H,4,7-8,13H2,1-2H3,(H,21,22). The summed E-state index contributed by atoms with van der Waals surface area (Å²) in [5, 5.41) is 12.3. The lowest BCUT2D eigenvalue weighted by Crippen LogP contribution is -2.17. The molecular weight excluding hydrogens is 322 g/mol. The van der Waals surface area contributed by atoms with E-state index in [2.05, 4.69) is 5.32 Å². The van der Waals surface area contributed by atoms with Gasteiger partial charge in [-0.25, -0.2) is 4.79 Å². The average Bonchev–Trinajstić information content (AvgIpc) is 2.64. The number of rotatable bonds is 10. The van der Waals surface area contributed by atoms with Gasteiger partial charge in [-0.3, -0.25) is 0 Å². The van der Waals surface area contributed by atoms with Crippen molar-refractivity contribution in [2.75, 3.05) is 27.4 Å². The molecule has 134 valence electrons. The summed E-state index contributed by atoms with van der Waals surface area (Å²) in [6.45, 7) is 1.94. The molecule has 0 bridgehead atoms. The topological polar surface area (TPSA) is 77.0 Å². The summed E-state index contributed by atoms with van der Waals surface area (Å²) in [6, 6.07) is 12.3. The van der Waals surface area contributed by atoms with Gasteiger partial charge in [0.15, 0.2) is 0 Å². The van der Waals surface area contributed by atoms with Crippen LogP contribution in [0.5, 0.6) is 17.2 Å². The number of hydrogen-bond donors (Lipinski definition) is 2. The largest absolute Gasteiger partial charge is 0.496 e. The molecule has 0 heterocycles. The summed E-state index contributed by atoms with van der Waals surface area (Å²) in [4.78, 5) is 10.9. The monoisotopic (exact) mass is 345 g/mol. The molecule has 0 fully saturated rings. The van der Waals surface area contributed by atoms with Gasteiger partial charge in [0, 0.05) is 24.7 Å². The maximum atomic E-state index is 10.9. The van der Waals surface area contributed by atoms with E-state index < -0.39 is 5.97 Å². The number of methoxy groups -OCH3 is 2. The highest BCUT2D eigenvalue weighted by Crippen LogP contribution is 2.27. The fourth-order valence-corrected chi connectivity index (χ4v) is 2.30. The highest BCUT2D eigenvalue weighted by Gasteiger charge is 2.04. The van der Waals surface area contributed by atoms with Crippen LogP contribution in [0.3, 0.4) is 0 Å². The summed E-state index contributed by atoms with van der Waals surface area (Å²) in [7, 11) is 3.20. The molecule has 2 aromatic carbocycles. The molecule has 2 N–H and O–H groups in total. The Balaban J connectivity index is 1.71. The van der Waals surface area contributed by atoms with Crippen molar-refractivity contribution in [1.29, 1.82) is 0 Å². The van der Waals surface area contributed by atoms with Gasteiger partial charge in [-0.1, -0.05) is 12.1 Å². The summed E-state index contributed by atoms with van der Waals surface area (Å²) in [5.74, 6) is 1.16. The smallest absolute Gasteiger partial charge is 0.335 e. The second-order valence-corrected chi connectivity index (χ2v) is 5.43. The number of nitrogens with one attached hydrogen (secondary N) is 1. The SMILES string of the molecule is COc1cc(OC)cc(OCCCNCc2cccc(C(=O)O)c2)c1. The van der Waals surface area contributed by atoms with Crippen LogP contribution >= 0.6 is 0 Å². The van der Waals surface area contributed by atoms with E-state index in [9.17, 15) is 4.79 Å². The van der Waals surface area contributed by atoms with Gasteiger partial charge in [0.1, 0.15) is 17.2 Å². The zero-order valence-electron chi connectivity index (χ0n) is 14.5. The van der Waals surface area contributed by atoms with E-state index >= 15 is 0 Å². The molecular formula is C19H23NO5. The lowest BCUT2D eigenvalue weighted by molar-refractivity contribution is 0.0696. The molecule has 0 aromatic heterocycles. The molecule has 0 aliphatic carbocycles. The summed E-state index contributed by atoms with van der Waals surface area (Å²) < 4.78 is 16.1. The van der Waals surface area contributed by atoms with Crippen LogP contribution in [0.2, 0.25) is 0 Å². The Morgan fingerprint density at radius 1 is 1.04 bits per heavy atom. The Morgan fingerprint density at radius 3 is 2.36 bits per heavy atom. The first-order chi connectivity index (χ1) is 12.1. The highest BCUT2D eigenvalue weighted by atomic mass is 16.5. The maximum Gasteiger partial charge on any atom is 0.335 e. The summed E-state index contributed by atoms with van der Waals surface area (Å²) in [6.07, 6.45) is 0.818. The molecule has 0 unspecified atom stereocenters. The van der Waals surface area contributed by atoms with Gasteiger partial charge >= 0.3 is 5.97 Å². The van der Waals surface area contributed by atoms with E-state index in [1.807, 2.05) is 18.2 Å². The Labute approximate surface area is 147 Å². The van der Waals surface area contributed by atoms with Crippen molar-refractivity contribution in [2.45, 2.75) is 13.0 Å². The minimum absolute atomic E-state index is 0.301. The van der Waals surface area contributed by atoms with E-state index in [4.69, 9.17) is 19.3 Å². The first-order valence-electron chi connectivity index (χ1n) is 8.01. The minimum Gasteiger partial charge on any atom is -0.496 e. The number of carboxylic acid groups (broad SMARTS) is 1. The van der Waals surface area contributed by atoms with Gasteiger partial charge in [-0.2, -0.15) is 0 Å². The quantitative estimate of drug-likeness (QED) is 0.645. The van der Waals surface area contributed by atoms with Crippen LogP contribution in [0.15, 0.2) is 42.5 Å². The zero-order valence-corrected chi connectivity index (χ0v) is 14.5. The molecule has 6 nitrogen and oxygen atoms in total. The van der Waals surface area contributed by atoms with Gasteiger partial charge in [-0.15, -0.1) is 0 Å². The molecule has 0 aliphatic heterocycles. The van der Waals surface area contributed by atoms with Gasteiger partial charge in [0.2, 0.25) is 0 Å². The van der Waals surface area contributed by atoms with E-state index in [1.54, 1.807) is 38.5 Å². The maximum absolute atomic E-state index is 10.9. The summed E-state index contributed by atoms with van der Waals surface area (Å²) >= 11 is 0. The molecule has 2 rings (SSSR count). The first kappa shape index (κ1) is 18.6. The van der Waals surface area contributed by atoms with Gasteiger partial charge in [0.05, 0.1) is 26.4 Å². The fraction of sp³-hybridized carbons (Fsp3) is 0.316. The Bertz CT molecular complexity index is 680. The van der Waals surface area contributed by atoms with Crippen LogP contribution in [0.4, 0.5) is 0 Å². The van der Waals surface area contributed by atoms with Crippen LogP contribution in [0.25, 0.3) is 0 Å². The molecule has 0 saturated carbocycles. The second kappa shape index (κ2) is 9.54. The third kappa shape index (κ3) is 6.00. The molecule has 0 aliphatic rings. The lowest BCUT2D eigenvalue weighted by Gasteiger charge is -2.10. The highest BCUT2D eigenvalue weighted by molar-refractivity contribution is 5.87. The van der Waals surface area contributed by atoms with Gasteiger partial charge in [0.25, 0.3) is 0 Å². The molecule has 2 aromatic rings. The second-order valence-electron chi connectivity index (χ2n) is 5.43. The number of aromatic carboxylic acids is 1. The molecule has 6 heteroatoms. The number of ether oxygens (including phenoxy) is 3. The predicted molar refractivity (Wildman–Crippen MR) is 94.8 cm³/mol. The third-order valence-corrected chi connectivity index (χ3v) is 3.59. The number of hydrogen-bond acceptors (Lipinski definition) is 5. The number of benzene rings is 2. The van der Waals surface area contributed by atoms with Crippen molar-refractivity contribution in [3.8, 4) is 17.2 Å². The van der Waals surface area contributed by atoms with Crippen LogP contribution in [0, 0.1) is 0 Å². The molecule has 0 atom stereocenters. The van der Waals surface area contributed by atoms with E-state index in [-0.39, 0.29) is 0 Å². The summed E-state index contributed by atoms with van der Waals surface area (Å²) in [5.41, 5.74) is 1.24. The van der Waals surface area contributed by atoms with Crippen molar-refractivity contribution >= 4 is 5.97 Å². The van der Waals surface area contributed by atoms with Gasteiger partial charge in [-0.05, 0) is 30.7 Å². The van der Waals surface area contributed by atoms with E-state index in [1.165, 1.54) is 0 Å². The zero-order chi connectivity index (χ0) is 18.1. The fourth-order valence-electron chi connectivity index (χ4n) is 2.30. The van der Waals surface area contributed by atoms with Gasteiger partial charge < -0.3 is 24.6 Å². The number of carboxylic acids is 1. The van der Waals surface area contributed by atoms with Crippen molar-refractivity contribution in [3.63, 3.8) is 0 Å². The van der Waals surface area contributed by atoms with Crippen molar-refractivity contribution in [1.82, 2.24) is 5.32 Å². The number of carbonyl (C=O) groups is 1. The van der Waals surface area contributed by atoms with Crippen LogP contribution < -0.4 is 19.5 Å². The minimum atomic E-state index is -0.913. The van der Waals surface area contributed by atoms with Crippen molar-refractivity contribution in [3.05, 3.63) is 53.6 Å².